The van der Waals surface area contributed by atoms with Crippen molar-refractivity contribution in [3.05, 3.63) is 59.9 Å². The Morgan fingerprint density at radius 3 is 2.82 bits per heavy atom. The number of nitrogens with one attached hydrogen (secondary N) is 1. The van der Waals surface area contributed by atoms with Crippen LogP contribution in [0.3, 0.4) is 0 Å². The number of hydrogen-bond donors (Lipinski definition) is 1. The van der Waals surface area contributed by atoms with Gasteiger partial charge in [0, 0.05) is 18.9 Å². The zero-order valence-corrected chi connectivity index (χ0v) is 13.6. The molecule has 2 rings (SSSR count). The van der Waals surface area contributed by atoms with E-state index in [9.17, 15) is 0 Å². The molecule has 22 heavy (non-hydrogen) atoms. The monoisotopic (exact) mass is 298 g/mol. The topological polar surface area (TPSA) is 51.5 Å². The Kier molecular flexibility index (Phi) is 5.12. The fourth-order valence-corrected chi connectivity index (χ4v) is 2.17. The van der Waals surface area contributed by atoms with Gasteiger partial charge in [-0.05, 0) is 39.3 Å². The van der Waals surface area contributed by atoms with Crippen LogP contribution in [-0.4, -0.2) is 20.9 Å². The van der Waals surface area contributed by atoms with Crippen LogP contribution in [0, 0.1) is 13.8 Å². The summed E-state index contributed by atoms with van der Waals surface area (Å²) in [4.78, 5) is 14.7. The molecule has 1 N–H and O–H groups in total. The lowest BCUT2D eigenvalue weighted by atomic mass is 10.2. The summed E-state index contributed by atoms with van der Waals surface area (Å²) in [6.07, 6.45) is 9.50. The zero-order chi connectivity index (χ0) is 16.1. The Morgan fingerprint density at radius 1 is 1.36 bits per heavy atom. The van der Waals surface area contributed by atoms with Crippen LogP contribution in [0.25, 0.3) is 11.4 Å². The van der Waals surface area contributed by atoms with E-state index in [2.05, 4.69) is 22.0 Å². The number of hydroxylamine groups is 1. The van der Waals surface area contributed by atoms with Crippen LogP contribution in [0.1, 0.15) is 30.9 Å². The van der Waals surface area contributed by atoms with Crippen molar-refractivity contribution in [1.29, 1.82) is 0 Å². The molecule has 0 aliphatic rings. The molecule has 0 amide bonds. The van der Waals surface area contributed by atoms with Crippen molar-refractivity contribution in [1.82, 2.24) is 19.8 Å². The minimum Gasteiger partial charge on any atom is -0.406 e. The van der Waals surface area contributed by atoms with Crippen molar-refractivity contribution in [2.45, 2.75) is 27.7 Å². The lowest BCUT2D eigenvalue weighted by Crippen LogP contribution is -2.12. The summed E-state index contributed by atoms with van der Waals surface area (Å²) >= 11 is 0. The predicted octanol–water partition coefficient (Wildman–Crippen LogP) is 3.36. The smallest absolute Gasteiger partial charge is 0.174 e. The van der Waals surface area contributed by atoms with Crippen LogP contribution in [0.5, 0.6) is 0 Å². The van der Waals surface area contributed by atoms with Crippen molar-refractivity contribution < 1.29 is 4.84 Å². The highest BCUT2D eigenvalue weighted by Gasteiger charge is 2.11. The quantitative estimate of drug-likeness (QED) is 0.505. The Labute approximate surface area is 131 Å². The molecule has 2 aromatic rings. The molecule has 0 unspecified atom stereocenters. The van der Waals surface area contributed by atoms with Gasteiger partial charge in [-0.3, -0.25) is 4.98 Å². The van der Waals surface area contributed by atoms with E-state index in [1.165, 1.54) is 0 Å². The molecule has 0 saturated carbocycles. The molecule has 116 valence electrons. The fourth-order valence-electron chi connectivity index (χ4n) is 2.17. The summed E-state index contributed by atoms with van der Waals surface area (Å²) in [5.74, 6) is 0.665. The number of fused-ring (bicyclic) bond motifs is 1. The number of aryl methyl sites for hydroxylation is 2. The van der Waals surface area contributed by atoms with E-state index in [0.29, 0.717) is 12.3 Å². The lowest BCUT2D eigenvalue weighted by Gasteiger charge is -2.07. The van der Waals surface area contributed by atoms with Gasteiger partial charge in [0.1, 0.15) is 5.69 Å². The van der Waals surface area contributed by atoms with Crippen LogP contribution in [0.4, 0.5) is 0 Å². The second kappa shape index (κ2) is 7.04. The van der Waals surface area contributed by atoms with E-state index in [-0.39, 0.29) is 0 Å². The highest BCUT2D eigenvalue weighted by atomic mass is 16.6. The van der Waals surface area contributed by atoms with E-state index in [0.717, 1.165) is 28.3 Å². The maximum atomic E-state index is 5.63. The summed E-state index contributed by atoms with van der Waals surface area (Å²) < 4.78 is 1.97. The van der Waals surface area contributed by atoms with E-state index in [1.807, 2.05) is 56.6 Å². The Bertz CT molecular complexity index is 740. The molecule has 5 nitrogen and oxygen atoms in total. The van der Waals surface area contributed by atoms with Gasteiger partial charge in [0.2, 0.25) is 0 Å². The summed E-state index contributed by atoms with van der Waals surface area (Å²) in [5, 5.41) is 0. The predicted molar refractivity (Wildman–Crippen MR) is 89.2 cm³/mol. The minimum absolute atomic E-state index is 0.665. The molecule has 0 radical (unpaired) electrons. The Hall–Kier alpha value is -2.40. The molecule has 0 saturated heterocycles. The average molecular weight is 298 g/mol. The number of aromatic nitrogens is 3. The number of hydrogen-bond acceptors (Lipinski definition) is 4. The van der Waals surface area contributed by atoms with Crippen molar-refractivity contribution >= 4 is 11.4 Å². The fraction of sp³-hybridized carbons (Fsp3) is 0.294. The van der Waals surface area contributed by atoms with Gasteiger partial charge in [-0.1, -0.05) is 18.7 Å². The third kappa shape index (κ3) is 3.62. The van der Waals surface area contributed by atoms with Gasteiger partial charge in [0.15, 0.2) is 11.4 Å². The van der Waals surface area contributed by atoms with Crippen LogP contribution in [-0.2, 0) is 4.84 Å². The molecule has 0 bridgehead atoms. The summed E-state index contributed by atoms with van der Waals surface area (Å²) in [6, 6.07) is 0. The van der Waals surface area contributed by atoms with Crippen LogP contribution in [0.2, 0.25) is 0 Å². The molecule has 0 aliphatic heterocycles. The number of allylic oxidation sites excluding steroid dienone is 4. The summed E-state index contributed by atoms with van der Waals surface area (Å²) in [6.45, 7) is 12.3. The first kappa shape index (κ1) is 16.0. The minimum atomic E-state index is 0.665. The third-order valence-corrected chi connectivity index (χ3v) is 3.04. The molecule has 0 spiro atoms. The molecule has 0 aliphatic carbocycles. The largest absolute Gasteiger partial charge is 0.406 e. The van der Waals surface area contributed by atoms with E-state index in [4.69, 9.17) is 4.84 Å². The van der Waals surface area contributed by atoms with Crippen molar-refractivity contribution in [2.24, 2.45) is 0 Å². The molecule has 5 heteroatoms. The number of imidazole rings is 1. The normalized spacial score (nSPS) is 12.7. The second-order valence-corrected chi connectivity index (χ2v) is 5.08. The van der Waals surface area contributed by atoms with Crippen LogP contribution in [0.15, 0.2) is 42.8 Å². The number of rotatable bonds is 6. The van der Waals surface area contributed by atoms with Crippen molar-refractivity contribution in [3.8, 4) is 0 Å². The molecule has 2 aromatic heterocycles. The summed E-state index contributed by atoms with van der Waals surface area (Å²) in [7, 11) is 0. The second-order valence-electron chi connectivity index (χ2n) is 5.08. The molecular formula is C17H22N4O. The molecule has 0 aromatic carbocycles. The average Bonchev–Trinajstić information content (AvgIpc) is 2.87. The molecule has 0 atom stereocenters. The maximum absolute atomic E-state index is 5.63. The van der Waals surface area contributed by atoms with Gasteiger partial charge < -0.3 is 9.24 Å². The van der Waals surface area contributed by atoms with E-state index >= 15 is 0 Å². The maximum Gasteiger partial charge on any atom is 0.174 e. The van der Waals surface area contributed by atoms with Gasteiger partial charge in [-0.25, -0.2) is 4.98 Å². The van der Waals surface area contributed by atoms with Gasteiger partial charge in [-0.2, -0.15) is 5.48 Å². The van der Waals surface area contributed by atoms with Crippen LogP contribution < -0.4 is 5.48 Å². The zero-order valence-electron chi connectivity index (χ0n) is 13.6. The Balaban J connectivity index is 2.49. The molecule has 0 fully saturated rings. The van der Waals surface area contributed by atoms with Crippen LogP contribution >= 0.6 is 0 Å². The standard InChI is InChI=1S/C17H22N4O/c1-6-8-12(3)9-16(22-18-7-2)15-11-21-10-13(4)19-14(5)17(21)20-15/h6,8-11,18H,1,7H2,2-5H3/b12-8+,16-9-. The van der Waals surface area contributed by atoms with Gasteiger partial charge >= 0.3 is 0 Å². The lowest BCUT2D eigenvalue weighted by molar-refractivity contribution is 0.163. The van der Waals surface area contributed by atoms with Gasteiger partial charge in [0.05, 0.1) is 11.4 Å². The van der Waals surface area contributed by atoms with Gasteiger partial charge in [0.25, 0.3) is 0 Å². The SMILES string of the molecule is C=C/C=C(C)/C=C(\ONCC)c1cn2cc(C)nc(C)c2n1. The highest BCUT2D eigenvalue weighted by Crippen LogP contribution is 2.19. The first-order valence-electron chi connectivity index (χ1n) is 7.29. The first-order valence-corrected chi connectivity index (χ1v) is 7.29. The molecule has 2 heterocycles. The summed E-state index contributed by atoms with van der Waals surface area (Å²) in [5.41, 5.74) is 7.35. The first-order chi connectivity index (χ1) is 10.5. The number of nitrogens with zero attached hydrogens (tertiary/aromatic N) is 3. The van der Waals surface area contributed by atoms with Gasteiger partial charge in [-0.15, -0.1) is 0 Å². The van der Waals surface area contributed by atoms with E-state index in [1.54, 1.807) is 6.08 Å². The highest BCUT2D eigenvalue weighted by molar-refractivity contribution is 5.63. The van der Waals surface area contributed by atoms with Crippen molar-refractivity contribution in [2.75, 3.05) is 6.54 Å². The molecular weight excluding hydrogens is 276 g/mol. The Morgan fingerprint density at radius 2 is 2.14 bits per heavy atom. The van der Waals surface area contributed by atoms with Crippen molar-refractivity contribution in [3.63, 3.8) is 0 Å². The third-order valence-electron chi connectivity index (χ3n) is 3.04. The van der Waals surface area contributed by atoms with E-state index < -0.39 is 0 Å².